The van der Waals surface area contributed by atoms with Crippen molar-refractivity contribution in [3.8, 4) is 0 Å². The van der Waals surface area contributed by atoms with Gasteiger partial charge in [-0.1, -0.05) is 190 Å². The minimum atomic E-state index is -4.61. The maximum atomic E-state index is 12.8. The lowest BCUT2D eigenvalue weighted by atomic mass is 10.00. The second-order valence-corrected chi connectivity index (χ2v) is 18.6. The molecule has 1 heterocycles. The fraction of sp³-hybridized carbons (Fsp3) is 0.765. The molecule has 1 rings (SSSR count). The Hall–Kier alpha value is -2.65. The van der Waals surface area contributed by atoms with Crippen molar-refractivity contribution in [2.24, 2.45) is 0 Å². The Morgan fingerprint density at radius 1 is 0.531 bits per heavy atom. The third kappa shape index (κ3) is 34.7. The molecule has 0 bridgehead atoms. The van der Waals surface area contributed by atoms with Crippen molar-refractivity contribution in [2.75, 3.05) is 19.0 Å². The van der Waals surface area contributed by atoms with Crippen LogP contribution in [0.5, 0.6) is 0 Å². The molecule has 2 unspecified atom stereocenters. The van der Waals surface area contributed by atoms with Gasteiger partial charge < -0.3 is 34.3 Å². The second-order valence-electron chi connectivity index (χ2n) is 17.1. The molecule has 13 heteroatoms. The number of aliphatic hydroxyl groups excluding tert-OH is 3. The Labute approximate surface area is 387 Å². The maximum absolute atomic E-state index is 12.8. The van der Waals surface area contributed by atoms with Gasteiger partial charge in [-0.05, 0) is 51.4 Å². The van der Waals surface area contributed by atoms with E-state index in [0.717, 1.165) is 44.9 Å². The SMILES string of the molecule is CCCCC/C=C/C/C=C/C/C=C/C/C=C/C/C=C/CCC(=O)O[C@H](COC(=O)CCCCCCCCCCCCCCCCCCC)CO[C@H]1O[C@H](CS(=O)(=O)O)[C@@H](O)C(O)C1O. The lowest BCUT2D eigenvalue weighted by Crippen LogP contribution is -2.60. The number of rotatable bonds is 41. The van der Waals surface area contributed by atoms with E-state index in [9.17, 15) is 37.9 Å². The van der Waals surface area contributed by atoms with Gasteiger partial charge in [-0.3, -0.25) is 14.1 Å². The van der Waals surface area contributed by atoms with Gasteiger partial charge in [-0.2, -0.15) is 8.42 Å². The molecule has 0 amide bonds. The van der Waals surface area contributed by atoms with Crippen molar-refractivity contribution in [3.05, 3.63) is 60.8 Å². The van der Waals surface area contributed by atoms with Crippen LogP contribution in [0.2, 0.25) is 0 Å². The highest BCUT2D eigenvalue weighted by molar-refractivity contribution is 7.85. The first-order chi connectivity index (χ1) is 31.0. The van der Waals surface area contributed by atoms with Crippen LogP contribution in [-0.4, -0.2) is 96.0 Å². The summed E-state index contributed by atoms with van der Waals surface area (Å²) in [6.45, 7) is 3.69. The van der Waals surface area contributed by atoms with Crippen LogP contribution in [0.3, 0.4) is 0 Å². The van der Waals surface area contributed by atoms with Crippen molar-refractivity contribution < 1.29 is 56.8 Å². The summed E-state index contributed by atoms with van der Waals surface area (Å²) in [6.07, 6.45) is 41.3. The van der Waals surface area contributed by atoms with E-state index >= 15 is 0 Å². The summed E-state index contributed by atoms with van der Waals surface area (Å²) in [5.41, 5.74) is 0. The molecule has 1 fully saturated rings. The van der Waals surface area contributed by atoms with E-state index in [1.807, 2.05) is 12.2 Å². The van der Waals surface area contributed by atoms with Crippen molar-refractivity contribution in [2.45, 2.75) is 230 Å². The number of aliphatic hydroxyl groups is 3. The highest BCUT2D eigenvalue weighted by atomic mass is 32.2. The van der Waals surface area contributed by atoms with Crippen LogP contribution in [0.25, 0.3) is 0 Å². The first-order valence-corrected chi connectivity index (χ1v) is 26.5. The molecule has 6 atom stereocenters. The van der Waals surface area contributed by atoms with Gasteiger partial charge in [0.25, 0.3) is 10.1 Å². The molecule has 12 nitrogen and oxygen atoms in total. The van der Waals surface area contributed by atoms with Crippen LogP contribution in [0.4, 0.5) is 0 Å². The third-order valence-corrected chi connectivity index (χ3v) is 11.9. The largest absolute Gasteiger partial charge is 0.462 e. The fourth-order valence-electron chi connectivity index (χ4n) is 7.25. The minimum absolute atomic E-state index is 0.0404. The molecule has 1 aliphatic rings. The van der Waals surface area contributed by atoms with Crippen LogP contribution >= 0.6 is 0 Å². The minimum Gasteiger partial charge on any atom is -0.462 e. The van der Waals surface area contributed by atoms with Crippen LogP contribution in [-0.2, 0) is 38.7 Å². The molecule has 0 radical (unpaired) electrons. The average molecular weight is 925 g/mol. The molecule has 1 saturated heterocycles. The Bertz CT molecular complexity index is 1410. The van der Waals surface area contributed by atoms with E-state index in [1.165, 1.54) is 103 Å². The fourth-order valence-corrected chi connectivity index (χ4v) is 7.94. The molecule has 0 saturated carbocycles. The van der Waals surface area contributed by atoms with Crippen molar-refractivity contribution in [1.29, 1.82) is 0 Å². The van der Waals surface area contributed by atoms with Gasteiger partial charge in [0.05, 0.1) is 6.61 Å². The number of carbonyl (C=O) groups excluding carboxylic acids is 2. The second kappa shape index (κ2) is 40.6. The summed E-state index contributed by atoms with van der Waals surface area (Å²) in [5, 5.41) is 30.9. The lowest BCUT2D eigenvalue weighted by Gasteiger charge is -2.40. The van der Waals surface area contributed by atoms with Gasteiger partial charge in [0.1, 0.15) is 36.8 Å². The maximum Gasteiger partial charge on any atom is 0.306 e. The zero-order valence-electron chi connectivity index (χ0n) is 39.6. The molecule has 0 spiro atoms. The first-order valence-electron chi connectivity index (χ1n) is 24.8. The monoisotopic (exact) mass is 925 g/mol. The summed E-state index contributed by atoms with van der Waals surface area (Å²) in [5.74, 6) is -2.09. The van der Waals surface area contributed by atoms with E-state index in [1.54, 1.807) is 0 Å². The van der Waals surface area contributed by atoms with Gasteiger partial charge in [-0.25, -0.2) is 0 Å². The average Bonchev–Trinajstić information content (AvgIpc) is 3.26. The summed E-state index contributed by atoms with van der Waals surface area (Å²) >= 11 is 0. The molecule has 1 aliphatic heterocycles. The van der Waals surface area contributed by atoms with Crippen LogP contribution in [0.15, 0.2) is 60.8 Å². The summed E-state index contributed by atoms with van der Waals surface area (Å²) in [6, 6.07) is 0. The standard InChI is InChI=1S/C51H88O12S/c1-3-5-7-9-11-13-15-17-19-21-22-24-26-28-30-32-34-36-38-40-47(53)62-44(42-61-51-50(56)49(55)48(54)45(63-51)43-64(57,58)59)41-60-46(52)39-37-35-33-31-29-27-25-23-20-18-16-14-12-10-8-6-4-2/h11,13,17,19,22,24,28,30,34,36,44-45,48-51,54-56H,3-10,12,14-16,18,20-21,23,25-27,29,31-33,35,37-43H2,1-2H3,(H,57,58,59)/b13-11+,19-17+,24-22+,30-28+,36-34+/t44-,45-,48-,49?,50?,51+/m1/s1. The predicted octanol–water partition coefficient (Wildman–Crippen LogP) is 10.9. The number of unbranched alkanes of at least 4 members (excludes halogenated alkanes) is 19. The predicted molar refractivity (Wildman–Crippen MR) is 256 cm³/mol. The molecule has 64 heavy (non-hydrogen) atoms. The van der Waals surface area contributed by atoms with Gasteiger partial charge >= 0.3 is 11.9 Å². The van der Waals surface area contributed by atoms with Gasteiger partial charge in [0.2, 0.25) is 0 Å². The van der Waals surface area contributed by atoms with Crippen LogP contribution in [0.1, 0.15) is 194 Å². The van der Waals surface area contributed by atoms with Crippen molar-refractivity contribution in [1.82, 2.24) is 0 Å². The zero-order valence-corrected chi connectivity index (χ0v) is 40.4. The highest BCUT2D eigenvalue weighted by Crippen LogP contribution is 2.24. The third-order valence-electron chi connectivity index (χ3n) is 11.1. The topological polar surface area (TPSA) is 186 Å². The summed E-state index contributed by atoms with van der Waals surface area (Å²) in [7, 11) is -4.61. The summed E-state index contributed by atoms with van der Waals surface area (Å²) in [4.78, 5) is 25.5. The van der Waals surface area contributed by atoms with E-state index in [-0.39, 0.29) is 19.4 Å². The normalized spacial score (nSPS) is 20.1. The molecule has 0 aliphatic carbocycles. The molecule has 0 aromatic rings. The Morgan fingerprint density at radius 3 is 1.45 bits per heavy atom. The number of ether oxygens (including phenoxy) is 4. The quantitative estimate of drug-likeness (QED) is 0.0197. The van der Waals surface area contributed by atoms with Crippen molar-refractivity contribution in [3.63, 3.8) is 0 Å². The van der Waals surface area contributed by atoms with Crippen molar-refractivity contribution >= 4 is 22.1 Å². The Kier molecular flexibility index (Phi) is 37.7. The Morgan fingerprint density at radius 2 is 0.969 bits per heavy atom. The molecular weight excluding hydrogens is 837 g/mol. The molecular formula is C51H88O12S. The number of allylic oxidation sites excluding steroid dienone is 10. The molecule has 370 valence electrons. The molecule has 4 N–H and O–H groups in total. The van der Waals surface area contributed by atoms with E-state index in [4.69, 9.17) is 18.9 Å². The van der Waals surface area contributed by atoms with Crippen LogP contribution < -0.4 is 0 Å². The number of hydrogen-bond acceptors (Lipinski definition) is 11. The Balaban J connectivity index is 2.46. The van der Waals surface area contributed by atoms with Gasteiger partial charge in [-0.15, -0.1) is 0 Å². The number of hydrogen-bond donors (Lipinski definition) is 4. The molecule has 0 aromatic carbocycles. The summed E-state index contributed by atoms with van der Waals surface area (Å²) < 4.78 is 54.1. The molecule has 0 aromatic heterocycles. The van der Waals surface area contributed by atoms with Crippen LogP contribution in [0, 0.1) is 0 Å². The number of carbonyl (C=O) groups is 2. The lowest BCUT2D eigenvalue weighted by molar-refractivity contribution is -0.297. The highest BCUT2D eigenvalue weighted by Gasteiger charge is 2.46. The van der Waals surface area contributed by atoms with E-state index in [0.29, 0.717) is 19.3 Å². The smallest absolute Gasteiger partial charge is 0.306 e. The first kappa shape index (κ1) is 59.4. The zero-order chi connectivity index (χ0) is 46.9. The van der Waals surface area contributed by atoms with E-state index < -0.39 is 71.2 Å². The number of esters is 2. The van der Waals surface area contributed by atoms with Gasteiger partial charge in [0.15, 0.2) is 12.4 Å². The van der Waals surface area contributed by atoms with E-state index in [2.05, 4.69) is 62.5 Å². The van der Waals surface area contributed by atoms with Gasteiger partial charge in [0, 0.05) is 12.8 Å².